The highest BCUT2D eigenvalue weighted by Crippen LogP contribution is 2.49. The molecule has 1 fully saturated rings. The van der Waals surface area contributed by atoms with Crippen molar-refractivity contribution in [3.05, 3.63) is 81.5 Å². The molecule has 0 radical (unpaired) electrons. The van der Waals surface area contributed by atoms with Gasteiger partial charge in [0.15, 0.2) is 11.0 Å². The molecule has 1 saturated heterocycles. The summed E-state index contributed by atoms with van der Waals surface area (Å²) in [5, 5.41) is 83.4. The van der Waals surface area contributed by atoms with Crippen LogP contribution in [0.4, 0.5) is 0 Å². The van der Waals surface area contributed by atoms with Crippen LogP contribution in [0.15, 0.2) is 63.8 Å². The van der Waals surface area contributed by atoms with Crippen LogP contribution in [-0.2, 0) is 4.74 Å². The van der Waals surface area contributed by atoms with E-state index in [9.17, 15) is 45.6 Å². The lowest BCUT2D eigenvalue weighted by molar-refractivity contribution is -0.231. The molecule has 0 spiro atoms. The van der Waals surface area contributed by atoms with Gasteiger partial charge < -0.3 is 50.0 Å². The monoisotopic (exact) mass is 552 g/mol. The fourth-order valence-corrected chi connectivity index (χ4v) is 5.12. The largest absolute Gasteiger partial charge is 0.508 e. The van der Waals surface area contributed by atoms with Gasteiger partial charge in [-0.15, -0.1) is 0 Å². The van der Waals surface area contributed by atoms with E-state index >= 15 is 0 Å². The molecular formula is C29H28O11. The van der Waals surface area contributed by atoms with Gasteiger partial charge in [-0.1, -0.05) is 19.1 Å². The maximum absolute atomic E-state index is 13.5. The molecule has 1 aliphatic heterocycles. The van der Waals surface area contributed by atoms with Gasteiger partial charge in [-0.25, -0.2) is 0 Å². The van der Waals surface area contributed by atoms with Crippen molar-refractivity contribution in [2.75, 3.05) is 6.61 Å². The zero-order chi connectivity index (χ0) is 28.9. The standard InChI is InChI=1S/C29H28O11/c1-12(13-2-6-15(31)7-3-13)20-24(35)21-17(33)10-18(14-4-8-16(32)9-5-14)39-28(21)22(25(20)36)29-27(38)26(37)23(34)19(11-30)40-29/h2-10,12,19,23,26-27,29-32,34-38H,11H2,1H3/t12?,19-,23-,26+,27-,29-/m1/s1. The van der Waals surface area contributed by atoms with Crippen LogP contribution in [0.1, 0.15) is 35.6 Å². The SMILES string of the molecule is CC(c1ccc(O)cc1)c1c(O)c([C@H]2O[C@H](CO)[C@@H](O)[C@H](O)[C@H]2O)c2oc(-c3ccc(O)cc3)cc(=O)c2c1O. The number of ether oxygens (including phenoxy) is 1. The van der Waals surface area contributed by atoms with Crippen LogP contribution >= 0.6 is 0 Å². The summed E-state index contributed by atoms with van der Waals surface area (Å²) in [4.78, 5) is 13.5. The van der Waals surface area contributed by atoms with Crippen molar-refractivity contribution >= 4 is 11.0 Å². The summed E-state index contributed by atoms with van der Waals surface area (Å²) in [6.07, 6.45) is -8.27. The van der Waals surface area contributed by atoms with E-state index < -0.39 is 60.0 Å². The van der Waals surface area contributed by atoms with Gasteiger partial charge in [0.25, 0.3) is 0 Å². The van der Waals surface area contributed by atoms with Crippen molar-refractivity contribution in [2.24, 2.45) is 0 Å². The summed E-state index contributed by atoms with van der Waals surface area (Å²) in [6.45, 7) is 0.897. The second-order valence-corrected chi connectivity index (χ2v) is 9.81. The van der Waals surface area contributed by atoms with Gasteiger partial charge in [-0.05, 0) is 42.0 Å². The molecule has 2 heterocycles. The number of phenols is 4. The summed E-state index contributed by atoms with van der Waals surface area (Å²) in [7, 11) is 0. The second kappa shape index (κ2) is 10.5. The molecular weight excluding hydrogens is 524 g/mol. The highest BCUT2D eigenvalue weighted by atomic mass is 16.5. The molecule has 1 unspecified atom stereocenters. The molecule has 3 aromatic carbocycles. The predicted octanol–water partition coefficient (Wildman–Crippen LogP) is 1.95. The minimum Gasteiger partial charge on any atom is -0.508 e. The third-order valence-electron chi connectivity index (χ3n) is 7.35. The fraction of sp³-hybridized carbons (Fsp3) is 0.276. The number of benzene rings is 3. The topological polar surface area (TPSA) is 201 Å². The molecule has 5 rings (SSSR count). The Morgan fingerprint density at radius 2 is 1.43 bits per heavy atom. The number of phenolic OH excluding ortho intramolecular Hbond substituents is 4. The average molecular weight is 553 g/mol. The van der Waals surface area contributed by atoms with Crippen LogP contribution in [0.25, 0.3) is 22.3 Å². The Kier molecular flexibility index (Phi) is 7.17. The van der Waals surface area contributed by atoms with E-state index in [1.54, 1.807) is 19.1 Å². The summed E-state index contributed by atoms with van der Waals surface area (Å²) in [6, 6.07) is 12.8. The summed E-state index contributed by atoms with van der Waals surface area (Å²) in [5.41, 5.74) is -0.536. The van der Waals surface area contributed by atoms with Crippen molar-refractivity contribution < 1.29 is 50.0 Å². The Hall–Kier alpha value is -4.13. The zero-order valence-electron chi connectivity index (χ0n) is 21.2. The summed E-state index contributed by atoms with van der Waals surface area (Å²) < 4.78 is 11.7. The van der Waals surface area contributed by atoms with E-state index in [0.29, 0.717) is 11.1 Å². The van der Waals surface area contributed by atoms with E-state index in [2.05, 4.69) is 0 Å². The van der Waals surface area contributed by atoms with Crippen LogP contribution in [0.5, 0.6) is 23.0 Å². The summed E-state index contributed by atoms with van der Waals surface area (Å²) >= 11 is 0. The van der Waals surface area contributed by atoms with Crippen molar-refractivity contribution in [1.82, 2.24) is 0 Å². The number of aromatic hydroxyl groups is 4. The number of hydrogen-bond acceptors (Lipinski definition) is 11. The lowest BCUT2D eigenvalue weighted by Crippen LogP contribution is -2.55. The van der Waals surface area contributed by atoms with Crippen LogP contribution in [0.2, 0.25) is 0 Å². The molecule has 11 nitrogen and oxygen atoms in total. The third kappa shape index (κ3) is 4.53. The first kappa shape index (κ1) is 27.4. The maximum Gasteiger partial charge on any atom is 0.197 e. The number of hydrogen-bond donors (Lipinski definition) is 8. The third-order valence-corrected chi connectivity index (χ3v) is 7.35. The first-order valence-electron chi connectivity index (χ1n) is 12.5. The maximum atomic E-state index is 13.5. The Morgan fingerprint density at radius 1 is 0.825 bits per heavy atom. The van der Waals surface area contributed by atoms with Crippen molar-refractivity contribution in [3.63, 3.8) is 0 Å². The number of aliphatic hydroxyl groups is 4. The lowest BCUT2D eigenvalue weighted by atomic mass is 9.84. The number of fused-ring (bicyclic) bond motifs is 1. The smallest absolute Gasteiger partial charge is 0.197 e. The quantitative estimate of drug-likeness (QED) is 0.180. The van der Waals surface area contributed by atoms with E-state index in [0.717, 1.165) is 6.07 Å². The van der Waals surface area contributed by atoms with Gasteiger partial charge in [0.05, 0.1) is 12.2 Å². The zero-order valence-corrected chi connectivity index (χ0v) is 21.2. The molecule has 1 aromatic heterocycles. The average Bonchev–Trinajstić information content (AvgIpc) is 2.93. The molecule has 8 N–H and O–H groups in total. The normalized spacial score (nSPS) is 23.8. The number of rotatable bonds is 5. The Bertz CT molecular complexity index is 1590. The van der Waals surface area contributed by atoms with Gasteiger partial charge >= 0.3 is 0 Å². The molecule has 0 bridgehead atoms. The highest BCUT2D eigenvalue weighted by Gasteiger charge is 2.46. The molecule has 4 aromatic rings. The first-order valence-corrected chi connectivity index (χ1v) is 12.5. The van der Waals surface area contributed by atoms with E-state index in [-0.39, 0.29) is 39.4 Å². The molecule has 11 heteroatoms. The van der Waals surface area contributed by atoms with Crippen molar-refractivity contribution in [1.29, 1.82) is 0 Å². The minimum absolute atomic E-state index is 0.00136. The molecule has 40 heavy (non-hydrogen) atoms. The van der Waals surface area contributed by atoms with Gasteiger partial charge in [-0.3, -0.25) is 4.79 Å². The Morgan fingerprint density at radius 3 is 2.02 bits per heavy atom. The molecule has 0 aliphatic carbocycles. The van der Waals surface area contributed by atoms with Crippen LogP contribution < -0.4 is 5.43 Å². The number of aliphatic hydroxyl groups excluding tert-OH is 4. The molecule has 0 amide bonds. The second-order valence-electron chi connectivity index (χ2n) is 9.81. The van der Waals surface area contributed by atoms with Crippen LogP contribution in [0, 0.1) is 0 Å². The van der Waals surface area contributed by atoms with Crippen molar-refractivity contribution in [2.45, 2.75) is 43.4 Å². The van der Waals surface area contributed by atoms with Gasteiger partial charge in [0.1, 0.15) is 64.7 Å². The minimum atomic E-state index is -1.84. The Labute approximate surface area is 227 Å². The first-order chi connectivity index (χ1) is 19.0. The Balaban J connectivity index is 1.82. The molecule has 0 saturated carbocycles. The van der Waals surface area contributed by atoms with Crippen LogP contribution in [0.3, 0.4) is 0 Å². The van der Waals surface area contributed by atoms with Gasteiger partial charge in [0.2, 0.25) is 0 Å². The van der Waals surface area contributed by atoms with E-state index in [1.165, 1.54) is 36.4 Å². The van der Waals surface area contributed by atoms with Gasteiger partial charge in [0, 0.05) is 23.1 Å². The molecule has 6 atom stereocenters. The van der Waals surface area contributed by atoms with E-state index in [4.69, 9.17) is 9.15 Å². The van der Waals surface area contributed by atoms with Crippen LogP contribution in [-0.4, -0.2) is 71.9 Å². The predicted molar refractivity (Wildman–Crippen MR) is 141 cm³/mol. The fourth-order valence-electron chi connectivity index (χ4n) is 5.12. The van der Waals surface area contributed by atoms with E-state index in [1.807, 2.05) is 0 Å². The summed E-state index contributed by atoms with van der Waals surface area (Å²) in [5.74, 6) is -2.00. The lowest BCUT2D eigenvalue weighted by Gasteiger charge is -2.40. The van der Waals surface area contributed by atoms with Crippen molar-refractivity contribution in [3.8, 4) is 34.3 Å². The molecule has 1 aliphatic rings. The molecule has 210 valence electrons. The van der Waals surface area contributed by atoms with Gasteiger partial charge in [-0.2, -0.15) is 0 Å². The highest BCUT2D eigenvalue weighted by molar-refractivity contribution is 5.92.